The minimum atomic E-state index is -1.08. The van der Waals surface area contributed by atoms with Crippen molar-refractivity contribution in [3.63, 3.8) is 0 Å². The van der Waals surface area contributed by atoms with E-state index in [0.29, 0.717) is 53.2 Å². The van der Waals surface area contributed by atoms with E-state index in [1.165, 1.54) is 7.11 Å². The third-order valence-corrected chi connectivity index (χ3v) is 8.40. The molecule has 2 aliphatic heterocycles. The first-order valence-electron chi connectivity index (χ1n) is 13.0. The molecule has 7 heteroatoms. The Morgan fingerprint density at radius 2 is 1.92 bits per heavy atom. The monoisotopic (exact) mass is 505 g/mol. The van der Waals surface area contributed by atoms with Gasteiger partial charge in [0.1, 0.15) is 17.3 Å². The van der Waals surface area contributed by atoms with Gasteiger partial charge in [-0.2, -0.15) is 0 Å². The number of carbonyl (C=O) groups is 3. The number of aromatic carboxylic acids is 1. The molecule has 0 bridgehead atoms. The topological polar surface area (TPSA) is 93.1 Å². The maximum Gasteiger partial charge on any atom is 0.336 e. The molecule has 3 atom stereocenters. The normalized spacial score (nSPS) is 25.8. The van der Waals surface area contributed by atoms with Crippen LogP contribution >= 0.6 is 0 Å². The van der Waals surface area contributed by atoms with Gasteiger partial charge in [-0.1, -0.05) is 32.9 Å². The van der Waals surface area contributed by atoms with Gasteiger partial charge < -0.3 is 19.5 Å². The van der Waals surface area contributed by atoms with Crippen LogP contribution in [0.3, 0.4) is 0 Å². The summed E-state index contributed by atoms with van der Waals surface area (Å²) in [6.45, 7) is 9.97. The van der Waals surface area contributed by atoms with Crippen LogP contribution in [0, 0.1) is 11.3 Å². The van der Waals surface area contributed by atoms with E-state index in [1.54, 1.807) is 18.0 Å². The number of nitrogens with zero attached hydrogens (tertiary/aromatic N) is 1. The Kier molecular flexibility index (Phi) is 6.08. The highest BCUT2D eigenvalue weighted by Crippen LogP contribution is 2.55. The van der Waals surface area contributed by atoms with E-state index in [2.05, 4.69) is 6.58 Å². The minimum Gasteiger partial charge on any atom is -0.496 e. The SMILES string of the molecule is C=CC(C)[C@@H]1CC2=C(C(=O)N1C)[C@@H](c1c(OC)ccc(C3CC3)c1C(=O)O)C1=C(CC(C)(C)CC1=O)O2. The Balaban J connectivity index is 1.81. The van der Waals surface area contributed by atoms with E-state index in [9.17, 15) is 19.5 Å². The van der Waals surface area contributed by atoms with E-state index >= 15 is 0 Å². The molecule has 0 spiro atoms. The van der Waals surface area contributed by atoms with Crippen molar-refractivity contribution in [3.05, 3.63) is 64.1 Å². The lowest BCUT2D eigenvalue weighted by Crippen LogP contribution is -2.48. The van der Waals surface area contributed by atoms with Gasteiger partial charge in [-0.3, -0.25) is 9.59 Å². The zero-order valence-electron chi connectivity index (χ0n) is 22.2. The maximum atomic E-state index is 14.0. The maximum absolute atomic E-state index is 14.0. The molecule has 1 amide bonds. The molecule has 1 aromatic rings. The van der Waals surface area contributed by atoms with Crippen LogP contribution in [-0.4, -0.2) is 47.9 Å². The number of likely N-dealkylation sites (N-methyl/N-ethyl adjacent to an activating group) is 1. The number of methoxy groups -OCH3 is 1. The number of hydrogen-bond acceptors (Lipinski definition) is 5. The summed E-state index contributed by atoms with van der Waals surface area (Å²) in [4.78, 5) is 42.2. The minimum absolute atomic E-state index is 0.0205. The number of ether oxygens (including phenoxy) is 2. The molecule has 2 heterocycles. The van der Waals surface area contributed by atoms with Crippen LogP contribution in [0.5, 0.6) is 5.75 Å². The lowest BCUT2D eigenvalue weighted by atomic mass is 9.67. The van der Waals surface area contributed by atoms with Crippen LogP contribution in [0.1, 0.15) is 86.2 Å². The Hall–Kier alpha value is -3.35. The standard InChI is InChI=1S/C30H35NO6/c1-7-15(2)18-12-21-26(28(33)31(18)5)27(24-19(32)13-30(3,4)14-22(24)37-21)25-20(36-6)11-10-17(16-8-9-16)23(25)29(34)35/h7,10-11,15-16,18,27H,1,8-9,12-14H2,2-6H3,(H,34,35)/t15?,18-,27+/m0/s1. The van der Waals surface area contributed by atoms with Crippen LogP contribution in [0.2, 0.25) is 0 Å². The summed E-state index contributed by atoms with van der Waals surface area (Å²) in [5, 5.41) is 10.5. The number of carbonyl (C=O) groups excluding carboxylic acids is 2. The molecule has 1 aromatic carbocycles. The Morgan fingerprint density at radius 1 is 1.22 bits per heavy atom. The molecule has 0 aromatic heterocycles. The number of hydrogen-bond donors (Lipinski definition) is 1. The van der Waals surface area contributed by atoms with E-state index < -0.39 is 11.9 Å². The van der Waals surface area contributed by atoms with Crippen molar-refractivity contribution in [1.29, 1.82) is 0 Å². The lowest BCUT2D eigenvalue weighted by Gasteiger charge is -2.45. The summed E-state index contributed by atoms with van der Waals surface area (Å²) in [7, 11) is 3.24. The smallest absolute Gasteiger partial charge is 0.336 e. The van der Waals surface area contributed by atoms with Crippen LogP contribution < -0.4 is 4.74 Å². The Bertz CT molecular complexity index is 1280. The molecular formula is C30H35NO6. The van der Waals surface area contributed by atoms with E-state index in [-0.39, 0.29) is 40.5 Å². The molecule has 37 heavy (non-hydrogen) atoms. The molecule has 0 saturated heterocycles. The third-order valence-electron chi connectivity index (χ3n) is 8.40. The number of benzene rings is 1. The van der Waals surface area contributed by atoms with Crippen molar-refractivity contribution in [1.82, 2.24) is 4.90 Å². The van der Waals surface area contributed by atoms with Crippen LogP contribution in [0.15, 0.2) is 47.5 Å². The summed E-state index contributed by atoms with van der Waals surface area (Å²) in [6.07, 6.45) is 4.93. The summed E-state index contributed by atoms with van der Waals surface area (Å²) < 4.78 is 12.1. The van der Waals surface area contributed by atoms with Crippen molar-refractivity contribution in [2.45, 2.75) is 70.8 Å². The van der Waals surface area contributed by atoms with Gasteiger partial charge in [0.05, 0.1) is 24.2 Å². The van der Waals surface area contributed by atoms with Gasteiger partial charge in [0.25, 0.3) is 5.91 Å². The van der Waals surface area contributed by atoms with E-state index in [4.69, 9.17) is 9.47 Å². The van der Waals surface area contributed by atoms with Crippen LogP contribution in [0.4, 0.5) is 0 Å². The number of carboxylic acids is 1. The average Bonchev–Trinajstić information content (AvgIpc) is 3.68. The van der Waals surface area contributed by atoms with Crippen molar-refractivity contribution in [3.8, 4) is 5.75 Å². The van der Waals surface area contributed by atoms with Gasteiger partial charge in [0.2, 0.25) is 0 Å². The first-order valence-corrected chi connectivity index (χ1v) is 13.0. The highest BCUT2D eigenvalue weighted by atomic mass is 16.5. The number of ketones is 1. The van der Waals surface area contributed by atoms with Gasteiger partial charge in [0, 0.05) is 43.5 Å². The largest absolute Gasteiger partial charge is 0.496 e. The van der Waals surface area contributed by atoms with Gasteiger partial charge in [-0.15, -0.1) is 6.58 Å². The van der Waals surface area contributed by atoms with E-state index in [0.717, 1.165) is 18.4 Å². The second-order valence-electron chi connectivity index (χ2n) is 11.7. The number of rotatable bonds is 6. The second kappa shape index (κ2) is 8.89. The van der Waals surface area contributed by atoms with Gasteiger partial charge in [-0.25, -0.2) is 4.79 Å². The molecule has 1 fully saturated rings. The molecule has 5 rings (SSSR count). The molecule has 0 radical (unpaired) electrons. The molecule has 2 aliphatic carbocycles. The van der Waals surface area contributed by atoms with Crippen molar-refractivity contribution < 1.29 is 29.0 Å². The Labute approximate surface area is 217 Å². The summed E-state index contributed by atoms with van der Waals surface area (Å²) >= 11 is 0. The predicted octanol–water partition coefficient (Wildman–Crippen LogP) is 5.33. The fourth-order valence-electron chi connectivity index (χ4n) is 6.30. The average molecular weight is 506 g/mol. The van der Waals surface area contributed by atoms with Crippen molar-refractivity contribution in [2.24, 2.45) is 11.3 Å². The fourth-order valence-corrected chi connectivity index (χ4v) is 6.30. The first kappa shape index (κ1) is 25.3. The Morgan fingerprint density at radius 3 is 2.51 bits per heavy atom. The number of carboxylic acid groups (broad SMARTS) is 1. The number of Topliss-reactive ketones (excluding diaryl/α,β-unsaturated/α-hetero) is 1. The van der Waals surface area contributed by atoms with Gasteiger partial charge in [0.15, 0.2) is 5.78 Å². The molecule has 1 N–H and O–H groups in total. The fraction of sp³-hybridized carbons (Fsp3) is 0.500. The first-order chi connectivity index (χ1) is 17.5. The second-order valence-corrected chi connectivity index (χ2v) is 11.7. The zero-order chi connectivity index (χ0) is 26.8. The lowest BCUT2D eigenvalue weighted by molar-refractivity contribution is -0.130. The summed E-state index contributed by atoms with van der Waals surface area (Å²) in [6, 6.07) is 3.44. The predicted molar refractivity (Wildman–Crippen MR) is 138 cm³/mol. The van der Waals surface area contributed by atoms with Crippen molar-refractivity contribution >= 4 is 17.7 Å². The molecule has 7 nitrogen and oxygen atoms in total. The van der Waals surface area contributed by atoms with Gasteiger partial charge >= 0.3 is 5.97 Å². The molecule has 1 saturated carbocycles. The molecular weight excluding hydrogens is 470 g/mol. The molecule has 1 unspecified atom stereocenters. The van der Waals surface area contributed by atoms with Crippen LogP contribution in [0.25, 0.3) is 0 Å². The quantitative estimate of drug-likeness (QED) is 0.525. The highest BCUT2D eigenvalue weighted by Gasteiger charge is 2.50. The summed E-state index contributed by atoms with van der Waals surface area (Å²) in [5.74, 6) is -0.717. The van der Waals surface area contributed by atoms with Gasteiger partial charge in [-0.05, 0) is 41.7 Å². The molecule has 4 aliphatic rings. The van der Waals surface area contributed by atoms with Crippen LogP contribution in [-0.2, 0) is 14.3 Å². The molecule has 196 valence electrons. The number of allylic oxidation sites excluding steroid dienone is 2. The summed E-state index contributed by atoms with van der Waals surface area (Å²) in [5.41, 5.74) is 1.68. The number of amides is 1. The van der Waals surface area contributed by atoms with E-state index in [1.807, 2.05) is 32.9 Å². The highest BCUT2D eigenvalue weighted by molar-refractivity contribution is 6.07. The third kappa shape index (κ3) is 4.09. The van der Waals surface area contributed by atoms with Crippen molar-refractivity contribution in [2.75, 3.05) is 14.2 Å². The zero-order valence-corrected chi connectivity index (χ0v) is 22.2.